The summed E-state index contributed by atoms with van der Waals surface area (Å²) >= 11 is 0. The Morgan fingerprint density at radius 1 is 1.11 bits per heavy atom. The first-order chi connectivity index (χ1) is 9.04. The molecular formula is C16H17NO2. The molecule has 2 aromatic carbocycles. The fourth-order valence-corrected chi connectivity index (χ4v) is 2.06. The first-order valence-corrected chi connectivity index (χ1v) is 6.09. The van der Waals surface area contributed by atoms with E-state index in [0.717, 1.165) is 16.9 Å². The van der Waals surface area contributed by atoms with Crippen LogP contribution in [0.3, 0.4) is 0 Å². The Morgan fingerprint density at radius 2 is 1.84 bits per heavy atom. The van der Waals surface area contributed by atoms with Gasteiger partial charge in [0, 0.05) is 16.8 Å². The number of methoxy groups -OCH3 is 1. The van der Waals surface area contributed by atoms with Gasteiger partial charge >= 0.3 is 0 Å². The van der Waals surface area contributed by atoms with E-state index in [2.05, 4.69) is 0 Å². The summed E-state index contributed by atoms with van der Waals surface area (Å²) in [6.45, 7) is 3.76. The number of hydrogen-bond acceptors (Lipinski definition) is 3. The second-order valence-corrected chi connectivity index (χ2v) is 4.53. The van der Waals surface area contributed by atoms with Gasteiger partial charge in [-0.15, -0.1) is 0 Å². The molecule has 0 spiro atoms. The Kier molecular flexibility index (Phi) is 3.56. The van der Waals surface area contributed by atoms with Gasteiger partial charge in [-0.2, -0.15) is 0 Å². The lowest BCUT2D eigenvalue weighted by atomic mass is 9.95. The van der Waals surface area contributed by atoms with Crippen molar-refractivity contribution >= 4 is 11.5 Å². The molecule has 19 heavy (non-hydrogen) atoms. The lowest BCUT2D eigenvalue weighted by Crippen LogP contribution is -2.07. The standard InChI is InChI=1S/C16H17NO2/c1-10-9-12(19-3)7-8-13(10)16(18)14-5-4-6-15(17)11(14)2/h4-9H,17H2,1-3H3. The number of benzene rings is 2. The average Bonchev–Trinajstić information content (AvgIpc) is 2.41. The summed E-state index contributed by atoms with van der Waals surface area (Å²) < 4.78 is 5.15. The van der Waals surface area contributed by atoms with Gasteiger partial charge in [0.2, 0.25) is 0 Å². The molecule has 3 heteroatoms. The maximum Gasteiger partial charge on any atom is 0.193 e. The summed E-state index contributed by atoms with van der Waals surface area (Å²) in [7, 11) is 1.61. The summed E-state index contributed by atoms with van der Waals surface area (Å²) in [5.74, 6) is 0.739. The number of carbonyl (C=O) groups excluding carboxylic acids is 1. The van der Waals surface area contributed by atoms with Gasteiger partial charge in [0.25, 0.3) is 0 Å². The van der Waals surface area contributed by atoms with Crippen molar-refractivity contribution in [3.8, 4) is 5.75 Å². The fourth-order valence-electron chi connectivity index (χ4n) is 2.06. The van der Waals surface area contributed by atoms with Crippen molar-refractivity contribution in [2.24, 2.45) is 0 Å². The molecule has 0 aromatic heterocycles. The van der Waals surface area contributed by atoms with Crippen LogP contribution in [0, 0.1) is 13.8 Å². The Bertz CT molecular complexity index is 633. The van der Waals surface area contributed by atoms with Crippen molar-refractivity contribution in [3.63, 3.8) is 0 Å². The van der Waals surface area contributed by atoms with E-state index in [1.165, 1.54) is 0 Å². The highest BCUT2D eigenvalue weighted by Gasteiger charge is 2.15. The average molecular weight is 255 g/mol. The highest BCUT2D eigenvalue weighted by Crippen LogP contribution is 2.23. The molecule has 0 aliphatic carbocycles. The molecule has 2 aromatic rings. The van der Waals surface area contributed by atoms with Gasteiger partial charge in [-0.25, -0.2) is 0 Å². The molecular weight excluding hydrogens is 238 g/mol. The van der Waals surface area contributed by atoms with E-state index in [1.807, 2.05) is 19.9 Å². The normalized spacial score (nSPS) is 10.3. The van der Waals surface area contributed by atoms with E-state index in [4.69, 9.17) is 10.5 Å². The number of nitrogens with two attached hydrogens (primary N) is 1. The zero-order valence-corrected chi connectivity index (χ0v) is 11.4. The maximum atomic E-state index is 12.5. The van der Waals surface area contributed by atoms with Crippen molar-refractivity contribution in [2.75, 3.05) is 12.8 Å². The molecule has 0 amide bonds. The van der Waals surface area contributed by atoms with Gasteiger partial charge in [0.1, 0.15) is 5.75 Å². The van der Waals surface area contributed by atoms with E-state index >= 15 is 0 Å². The van der Waals surface area contributed by atoms with Crippen LogP contribution < -0.4 is 10.5 Å². The van der Waals surface area contributed by atoms with E-state index in [1.54, 1.807) is 37.4 Å². The van der Waals surface area contributed by atoms with Crippen molar-refractivity contribution in [1.29, 1.82) is 0 Å². The monoisotopic (exact) mass is 255 g/mol. The molecule has 0 saturated heterocycles. The molecule has 3 nitrogen and oxygen atoms in total. The largest absolute Gasteiger partial charge is 0.497 e. The van der Waals surface area contributed by atoms with Crippen LogP contribution in [0.4, 0.5) is 5.69 Å². The van der Waals surface area contributed by atoms with Gasteiger partial charge in [-0.1, -0.05) is 12.1 Å². The van der Waals surface area contributed by atoms with Crippen molar-refractivity contribution in [2.45, 2.75) is 13.8 Å². The molecule has 0 aliphatic heterocycles. The van der Waals surface area contributed by atoms with E-state index in [-0.39, 0.29) is 5.78 Å². The topological polar surface area (TPSA) is 52.3 Å². The Hall–Kier alpha value is -2.29. The van der Waals surface area contributed by atoms with Crippen LogP contribution in [0.1, 0.15) is 27.0 Å². The zero-order valence-electron chi connectivity index (χ0n) is 11.4. The lowest BCUT2D eigenvalue weighted by Gasteiger charge is -2.10. The maximum absolute atomic E-state index is 12.5. The summed E-state index contributed by atoms with van der Waals surface area (Å²) in [4.78, 5) is 12.5. The van der Waals surface area contributed by atoms with Gasteiger partial charge < -0.3 is 10.5 Å². The summed E-state index contributed by atoms with van der Waals surface area (Å²) in [6.07, 6.45) is 0. The third kappa shape index (κ3) is 2.45. The van der Waals surface area contributed by atoms with E-state index in [9.17, 15) is 4.79 Å². The SMILES string of the molecule is COc1ccc(C(=O)c2cccc(N)c2C)c(C)c1. The number of anilines is 1. The van der Waals surface area contributed by atoms with E-state index < -0.39 is 0 Å². The number of ketones is 1. The van der Waals surface area contributed by atoms with Crippen LogP contribution in [-0.4, -0.2) is 12.9 Å². The fraction of sp³-hybridized carbons (Fsp3) is 0.188. The second kappa shape index (κ2) is 5.14. The molecule has 0 saturated carbocycles. The number of rotatable bonds is 3. The molecule has 0 aliphatic rings. The molecule has 0 heterocycles. The Labute approximate surface area is 113 Å². The third-order valence-electron chi connectivity index (χ3n) is 3.30. The minimum atomic E-state index is -0.00930. The van der Waals surface area contributed by atoms with Crippen LogP contribution >= 0.6 is 0 Å². The molecule has 2 N–H and O–H groups in total. The number of carbonyl (C=O) groups is 1. The lowest BCUT2D eigenvalue weighted by molar-refractivity contribution is 0.103. The first-order valence-electron chi connectivity index (χ1n) is 6.09. The van der Waals surface area contributed by atoms with Gasteiger partial charge in [-0.3, -0.25) is 4.79 Å². The number of nitrogen functional groups attached to an aromatic ring is 1. The molecule has 0 bridgehead atoms. The van der Waals surface area contributed by atoms with Crippen LogP contribution in [0.25, 0.3) is 0 Å². The van der Waals surface area contributed by atoms with Crippen molar-refractivity contribution in [3.05, 3.63) is 58.7 Å². The Balaban J connectivity index is 2.47. The van der Waals surface area contributed by atoms with Crippen LogP contribution in [0.15, 0.2) is 36.4 Å². The first kappa shape index (κ1) is 13.1. The highest BCUT2D eigenvalue weighted by atomic mass is 16.5. The van der Waals surface area contributed by atoms with Crippen molar-refractivity contribution < 1.29 is 9.53 Å². The third-order valence-corrected chi connectivity index (χ3v) is 3.30. The molecule has 0 atom stereocenters. The van der Waals surface area contributed by atoms with Crippen LogP contribution in [-0.2, 0) is 0 Å². The van der Waals surface area contributed by atoms with E-state index in [0.29, 0.717) is 16.8 Å². The molecule has 0 unspecified atom stereocenters. The molecule has 98 valence electrons. The zero-order chi connectivity index (χ0) is 14.0. The molecule has 2 rings (SSSR count). The van der Waals surface area contributed by atoms with Crippen LogP contribution in [0.2, 0.25) is 0 Å². The second-order valence-electron chi connectivity index (χ2n) is 4.53. The summed E-state index contributed by atoms with van der Waals surface area (Å²) in [6, 6.07) is 10.8. The Morgan fingerprint density at radius 3 is 2.47 bits per heavy atom. The minimum absolute atomic E-state index is 0.00930. The molecule has 0 radical (unpaired) electrons. The highest BCUT2D eigenvalue weighted by molar-refractivity contribution is 6.11. The quantitative estimate of drug-likeness (QED) is 0.677. The minimum Gasteiger partial charge on any atom is -0.497 e. The summed E-state index contributed by atoms with van der Waals surface area (Å²) in [5.41, 5.74) is 9.52. The van der Waals surface area contributed by atoms with Crippen LogP contribution in [0.5, 0.6) is 5.75 Å². The smallest absolute Gasteiger partial charge is 0.193 e. The number of ether oxygens (including phenoxy) is 1. The number of aryl methyl sites for hydroxylation is 1. The summed E-state index contributed by atoms with van der Waals surface area (Å²) in [5, 5.41) is 0. The predicted molar refractivity (Wildman–Crippen MR) is 76.8 cm³/mol. The van der Waals surface area contributed by atoms with Gasteiger partial charge in [0.15, 0.2) is 5.78 Å². The number of hydrogen-bond donors (Lipinski definition) is 1. The van der Waals surface area contributed by atoms with Gasteiger partial charge in [0.05, 0.1) is 7.11 Å². The van der Waals surface area contributed by atoms with Crippen molar-refractivity contribution in [1.82, 2.24) is 0 Å². The van der Waals surface area contributed by atoms with Gasteiger partial charge in [-0.05, 0) is 49.2 Å². The molecule has 0 fully saturated rings. The predicted octanol–water partition coefficient (Wildman–Crippen LogP) is 3.13.